The van der Waals surface area contributed by atoms with Crippen LogP contribution < -0.4 is 10.8 Å². The van der Waals surface area contributed by atoms with E-state index in [2.05, 4.69) is 11.2 Å². The van der Waals surface area contributed by atoms with Crippen LogP contribution in [0, 0.1) is 12.3 Å². The summed E-state index contributed by atoms with van der Waals surface area (Å²) in [6, 6.07) is 12.7. The molecule has 5 heteroatoms. The zero-order chi connectivity index (χ0) is 15.5. The van der Waals surface area contributed by atoms with Gasteiger partial charge in [-0.1, -0.05) is 24.1 Å². The fraction of sp³-hybridized carbons (Fsp3) is 0.118. The molecular weight excluding hydrogens is 277 g/mol. The van der Waals surface area contributed by atoms with Gasteiger partial charge < -0.3 is 15.0 Å². The highest BCUT2D eigenvalue weighted by Gasteiger charge is 2.27. The average Bonchev–Trinajstić information content (AvgIpc) is 2.93. The summed E-state index contributed by atoms with van der Waals surface area (Å²) in [5.41, 5.74) is 3.78. The van der Waals surface area contributed by atoms with Crippen LogP contribution in [0.25, 0.3) is 0 Å². The molecular formula is C17H14BNO3. The molecule has 0 fully saturated rings. The number of amides is 1. The number of rotatable bonds is 3. The first kappa shape index (κ1) is 14.4. The first-order valence-corrected chi connectivity index (χ1v) is 6.93. The van der Waals surface area contributed by atoms with E-state index in [-0.39, 0.29) is 5.91 Å². The molecule has 3 rings (SSSR count). The summed E-state index contributed by atoms with van der Waals surface area (Å²) in [7, 11) is -0.949. The van der Waals surface area contributed by atoms with Gasteiger partial charge in [-0.15, -0.1) is 6.42 Å². The number of benzene rings is 2. The van der Waals surface area contributed by atoms with E-state index in [4.69, 9.17) is 11.1 Å². The highest BCUT2D eigenvalue weighted by Crippen LogP contribution is 2.11. The molecule has 0 atom stereocenters. The molecule has 22 heavy (non-hydrogen) atoms. The Morgan fingerprint density at radius 2 is 2.23 bits per heavy atom. The van der Waals surface area contributed by atoms with Crippen LogP contribution in [0.1, 0.15) is 27.0 Å². The maximum atomic E-state index is 12.2. The maximum Gasteiger partial charge on any atom is 0.491 e. The second-order valence-electron chi connectivity index (χ2n) is 5.10. The Labute approximate surface area is 129 Å². The van der Waals surface area contributed by atoms with Gasteiger partial charge in [-0.25, -0.2) is 0 Å². The fourth-order valence-electron chi connectivity index (χ4n) is 2.41. The highest BCUT2D eigenvalue weighted by atomic mass is 16.5. The van der Waals surface area contributed by atoms with Crippen molar-refractivity contribution in [2.75, 3.05) is 0 Å². The third kappa shape index (κ3) is 2.89. The number of hydrogen-bond donors (Lipinski definition) is 2. The molecule has 0 radical (unpaired) electrons. The predicted molar refractivity (Wildman–Crippen MR) is 84.4 cm³/mol. The summed E-state index contributed by atoms with van der Waals surface area (Å²) in [6.45, 7) is 0.766. The molecule has 0 saturated heterocycles. The normalized spacial score (nSPS) is 12.6. The molecule has 0 aliphatic carbocycles. The topological polar surface area (TPSA) is 58.6 Å². The Balaban J connectivity index is 1.70. The van der Waals surface area contributed by atoms with Crippen LogP contribution in [0.5, 0.6) is 0 Å². The van der Waals surface area contributed by atoms with Crippen molar-refractivity contribution < 1.29 is 14.5 Å². The number of hydrogen-bond acceptors (Lipinski definition) is 3. The number of nitrogens with one attached hydrogen (secondary N) is 1. The first-order valence-electron chi connectivity index (χ1n) is 6.93. The van der Waals surface area contributed by atoms with Crippen LogP contribution in [-0.2, 0) is 17.8 Å². The Bertz CT molecular complexity index is 767. The van der Waals surface area contributed by atoms with Crippen molar-refractivity contribution in [1.82, 2.24) is 5.32 Å². The van der Waals surface area contributed by atoms with E-state index < -0.39 is 7.12 Å². The molecule has 1 heterocycles. The lowest BCUT2D eigenvalue weighted by Gasteiger charge is -2.07. The molecule has 1 amide bonds. The van der Waals surface area contributed by atoms with E-state index >= 15 is 0 Å². The Morgan fingerprint density at radius 3 is 3.05 bits per heavy atom. The Kier molecular flexibility index (Phi) is 3.97. The highest BCUT2D eigenvalue weighted by molar-refractivity contribution is 6.61. The lowest BCUT2D eigenvalue weighted by Crippen LogP contribution is -2.30. The molecule has 4 nitrogen and oxygen atoms in total. The van der Waals surface area contributed by atoms with Gasteiger partial charge in [0.25, 0.3) is 5.91 Å². The van der Waals surface area contributed by atoms with E-state index in [0.29, 0.717) is 24.2 Å². The molecule has 0 spiro atoms. The Morgan fingerprint density at radius 1 is 1.36 bits per heavy atom. The van der Waals surface area contributed by atoms with Gasteiger partial charge in [0.05, 0.1) is 6.61 Å². The molecule has 1 aliphatic rings. The SMILES string of the molecule is C#Cc1cccc(CNC(=O)c2ccc3c(c2)B(O)OC3)c1. The minimum Gasteiger partial charge on any atom is -0.423 e. The van der Waals surface area contributed by atoms with Gasteiger partial charge in [0.2, 0.25) is 0 Å². The molecule has 1 aliphatic heterocycles. The lowest BCUT2D eigenvalue weighted by atomic mass is 9.79. The van der Waals surface area contributed by atoms with Crippen molar-refractivity contribution in [3.63, 3.8) is 0 Å². The Hall–Kier alpha value is -2.55. The van der Waals surface area contributed by atoms with Crippen LogP contribution in [-0.4, -0.2) is 18.0 Å². The second-order valence-corrected chi connectivity index (χ2v) is 5.10. The van der Waals surface area contributed by atoms with Crippen molar-refractivity contribution in [3.05, 3.63) is 64.7 Å². The van der Waals surface area contributed by atoms with Gasteiger partial charge in [0.15, 0.2) is 0 Å². The van der Waals surface area contributed by atoms with Crippen molar-refractivity contribution in [2.24, 2.45) is 0 Å². The van der Waals surface area contributed by atoms with E-state index in [0.717, 1.165) is 16.7 Å². The fourth-order valence-corrected chi connectivity index (χ4v) is 2.41. The van der Waals surface area contributed by atoms with Crippen LogP contribution >= 0.6 is 0 Å². The maximum absolute atomic E-state index is 12.2. The van der Waals surface area contributed by atoms with Gasteiger partial charge in [0.1, 0.15) is 0 Å². The number of fused-ring (bicyclic) bond motifs is 1. The molecule has 2 N–H and O–H groups in total. The summed E-state index contributed by atoms with van der Waals surface area (Å²) >= 11 is 0. The van der Waals surface area contributed by atoms with Gasteiger partial charge in [-0.05, 0) is 40.9 Å². The van der Waals surface area contributed by atoms with Gasteiger partial charge >= 0.3 is 7.12 Å². The van der Waals surface area contributed by atoms with Gasteiger partial charge in [0, 0.05) is 17.7 Å². The minimum atomic E-state index is -0.949. The quantitative estimate of drug-likeness (QED) is 0.650. The average molecular weight is 291 g/mol. The molecule has 108 valence electrons. The molecule has 0 saturated carbocycles. The summed E-state index contributed by atoms with van der Waals surface area (Å²) in [5, 5.41) is 12.5. The van der Waals surface area contributed by atoms with E-state index in [9.17, 15) is 9.82 Å². The number of terminal acetylenes is 1. The summed E-state index contributed by atoms with van der Waals surface area (Å²) < 4.78 is 5.12. The van der Waals surface area contributed by atoms with E-state index in [1.54, 1.807) is 18.2 Å². The van der Waals surface area contributed by atoms with Crippen LogP contribution in [0.2, 0.25) is 0 Å². The summed E-state index contributed by atoms with van der Waals surface area (Å²) in [4.78, 5) is 12.2. The molecule has 0 bridgehead atoms. The number of carbonyl (C=O) groups excluding carboxylic acids is 1. The largest absolute Gasteiger partial charge is 0.491 e. The van der Waals surface area contributed by atoms with Crippen molar-refractivity contribution in [1.29, 1.82) is 0 Å². The third-order valence-corrected chi connectivity index (χ3v) is 3.62. The minimum absolute atomic E-state index is 0.201. The van der Waals surface area contributed by atoms with Gasteiger partial charge in [-0.2, -0.15) is 0 Å². The summed E-state index contributed by atoms with van der Waals surface area (Å²) in [5.74, 6) is 2.36. The zero-order valence-corrected chi connectivity index (χ0v) is 11.9. The van der Waals surface area contributed by atoms with Gasteiger partial charge in [-0.3, -0.25) is 4.79 Å². The second kappa shape index (κ2) is 6.06. The predicted octanol–water partition coefficient (Wildman–Crippen LogP) is 0.816. The first-order chi connectivity index (χ1) is 10.7. The van der Waals surface area contributed by atoms with Crippen molar-refractivity contribution >= 4 is 18.5 Å². The monoisotopic (exact) mass is 291 g/mol. The summed E-state index contributed by atoms with van der Waals surface area (Å²) in [6.07, 6.45) is 5.36. The van der Waals surface area contributed by atoms with E-state index in [1.807, 2.05) is 24.3 Å². The van der Waals surface area contributed by atoms with E-state index in [1.165, 1.54) is 0 Å². The molecule has 2 aromatic rings. The molecule has 0 aromatic heterocycles. The lowest BCUT2D eigenvalue weighted by molar-refractivity contribution is 0.0951. The zero-order valence-electron chi connectivity index (χ0n) is 11.9. The molecule has 2 aromatic carbocycles. The number of carbonyl (C=O) groups is 1. The van der Waals surface area contributed by atoms with Crippen molar-refractivity contribution in [2.45, 2.75) is 13.2 Å². The third-order valence-electron chi connectivity index (χ3n) is 3.62. The smallest absolute Gasteiger partial charge is 0.423 e. The van der Waals surface area contributed by atoms with Crippen LogP contribution in [0.15, 0.2) is 42.5 Å². The molecule has 0 unspecified atom stereocenters. The van der Waals surface area contributed by atoms with Crippen molar-refractivity contribution in [3.8, 4) is 12.3 Å². The van der Waals surface area contributed by atoms with Crippen LogP contribution in [0.3, 0.4) is 0 Å². The standard InChI is InChI=1S/C17H14BNO3/c1-2-12-4-3-5-13(8-12)10-19-17(20)14-6-7-15-11-22-18(21)16(15)9-14/h1,3-9,21H,10-11H2,(H,19,20). The van der Waals surface area contributed by atoms with Crippen LogP contribution in [0.4, 0.5) is 0 Å².